The Balaban J connectivity index is 2.37. The molecule has 3 nitrogen and oxygen atoms in total. The van der Waals surface area contributed by atoms with E-state index in [9.17, 15) is 4.79 Å². The summed E-state index contributed by atoms with van der Waals surface area (Å²) in [5.74, 6) is -0.836. The molecule has 3 heteroatoms. The number of hydrogen-bond acceptors (Lipinski definition) is 2. The smallest absolute Gasteiger partial charge is 0.328 e. The van der Waals surface area contributed by atoms with Gasteiger partial charge in [0, 0.05) is 12.6 Å². The highest BCUT2D eigenvalue weighted by atomic mass is 16.4. The van der Waals surface area contributed by atoms with Gasteiger partial charge in [0.2, 0.25) is 0 Å². The summed E-state index contributed by atoms with van der Waals surface area (Å²) in [4.78, 5) is 12.8. The first-order valence-corrected chi connectivity index (χ1v) is 5.31. The quantitative estimate of drug-likeness (QED) is 0.702. The monoisotopic (exact) mass is 197 g/mol. The molecule has 80 valence electrons. The van der Waals surface area contributed by atoms with E-state index in [0.717, 1.165) is 25.2 Å². The van der Waals surface area contributed by atoms with Gasteiger partial charge in [-0.05, 0) is 32.9 Å². The summed E-state index contributed by atoms with van der Waals surface area (Å²) >= 11 is 0. The minimum Gasteiger partial charge on any atom is -0.478 e. The third-order valence-electron chi connectivity index (χ3n) is 2.54. The van der Waals surface area contributed by atoms with Crippen molar-refractivity contribution in [3.05, 3.63) is 11.6 Å². The number of aliphatic carboxylic acids is 1. The molecule has 0 aromatic carbocycles. The van der Waals surface area contributed by atoms with Crippen molar-refractivity contribution in [1.29, 1.82) is 0 Å². The number of likely N-dealkylation sites (tertiary alicyclic amines) is 1. The van der Waals surface area contributed by atoms with Gasteiger partial charge in [-0.25, -0.2) is 4.79 Å². The molecule has 1 heterocycles. The highest BCUT2D eigenvalue weighted by molar-refractivity contribution is 5.80. The normalized spacial score (nSPS) is 20.5. The summed E-state index contributed by atoms with van der Waals surface area (Å²) in [7, 11) is 0. The van der Waals surface area contributed by atoms with Gasteiger partial charge >= 0.3 is 5.97 Å². The van der Waals surface area contributed by atoms with Crippen LogP contribution in [0.15, 0.2) is 11.6 Å². The summed E-state index contributed by atoms with van der Waals surface area (Å²) < 4.78 is 0. The molecule has 0 spiro atoms. The van der Waals surface area contributed by atoms with E-state index in [1.165, 1.54) is 31.8 Å². The van der Waals surface area contributed by atoms with Crippen molar-refractivity contribution >= 4 is 5.97 Å². The lowest BCUT2D eigenvalue weighted by Crippen LogP contribution is -2.26. The zero-order chi connectivity index (χ0) is 10.4. The molecule has 0 aromatic heterocycles. The number of carbonyl (C=O) groups is 1. The molecule has 1 N–H and O–H groups in total. The summed E-state index contributed by atoms with van der Waals surface area (Å²) in [5.41, 5.74) is 0.944. The van der Waals surface area contributed by atoms with Crippen LogP contribution in [0.1, 0.15) is 32.6 Å². The molecular weight excluding hydrogens is 178 g/mol. The Bertz CT molecular complexity index is 215. The summed E-state index contributed by atoms with van der Waals surface area (Å²) in [6, 6.07) is 0. The van der Waals surface area contributed by atoms with Crippen molar-refractivity contribution in [2.45, 2.75) is 32.6 Å². The average molecular weight is 197 g/mol. The maximum atomic E-state index is 10.4. The highest BCUT2D eigenvalue weighted by Crippen LogP contribution is 2.10. The van der Waals surface area contributed by atoms with Crippen LogP contribution in [0.5, 0.6) is 0 Å². The molecule has 14 heavy (non-hydrogen) atoms. The molecule has 1 saturated heterocycles. The molecule has 0 bridgehead atoms. The van der Waals surface area contributed by atoms with Gasteiger partial charge in [-0.2, -0.15) is 0 Å². The van der Waals surface area contributed by atoms with E-state index in [-0.39, 0.29) is 0 Å². The highest BCUT2D eigenvalue weighted by Gasteiger charge is 2.09. The maximum Gasteiger partial charge on any atom is 0.328 e. The van der Waals surface area contributed by atoms with E-state index in [1.54, 1.807) is 0 Å². The predicted molar refractivity (Wildman–Crippen MR) is 56.3 cm³/mol. The van der Waals surface area contributed by atoms with Crippen LogP contribution in [0.4, 0.5) is 0 Å². The van der Waals surface area contributed by atoms with E-state index < -0.39 is 5.97 Å². The SMILES string of the molecule is CC(=CC(=O)O)CN1CCCCCC1. The van der Waals surface area contributed by atoms with Crippen LogP contribution in [0.25, 0.3) is 0 Å². The van der Waals surface area contributed by atoms with Crippen molar-refractivity contribution in [1.82, 2.24) is 4.90 Å². The van der Waals surface area contributed by atoms with Crippen LogP contribution in [0, 0.1) is 0 Å². The first-order valence-electron chi connectivity index (χ1n) is 5.31. The van der Waals surface area contributed by atoms with E-state index in [4.69, 9.17) is 5.11 Å². The van der Waals surface area contributed by atoms with Crippen LogP contribution >= 0.6 is 0 Å². The third kappa shape index (κ3) is 4.42. The second-order valence-corrected chi connectivity index (χ2v) is 4.02. The molecule has 1 aliphatic heterocycles. The molecule has 0 amide bonds. The van der Waals surface area contributed by atoms with Crippen LogP contribution in [0.2, 0.25) is 0 Å². The number of nitrogens with zero attached hydrogens (tertiary/aromatic N) is 1. The second kappa shape index (κ2) is 5.81. The standard InChI is InChI=1S/C11H19NO2/c1-10(8-11(13)14)9-12-6-4-2-3-5-7-12/h8H,2-7,9H2,1H3,(H,13,14). The van der Waals surface area contributed by atoms with Crippen molar-refractivity contribution in [2.24, 2.45) is 0 Å². The topological polar surface area (TPSA) is 40.5 Å². The lowest BCUT2D eigenvalue weighted by Gasteiger charge is -2.19. The van der Waals surface area contributed by atoms with Crippen molar-refractivity contribution in [3.8, 4) is 0 Å². The van der Waals surface area contributed by atoms with E-state index in [2.05, 4.69) is 4.90 Å². The van der Waals surface area contributed by atoms with Gasteiger partial charge in [0.25, 0.3) is 0 Å². The number of rotatable bonds is 3. The molecule has 0 saturated carbocycles. The molecule has 1 fully saturated rings. The Kier molecular flexibility index (Phi) is 4.66. The van der Waals surface area contributed by atoms with Gasteiger partial charge in [-0.1, -0.05) is 18.4 Å². The summed E-state index contributed by atoms with van der Waals surface area (Å²) in [6.07, 6.45) is 6.45. The fraction of sp³-hybridized carbons (Fsp3) is 0.727. The van der Waals surface area contributed by atoms with E-state index in [1.807, 2.05) is 6.92 Å². The Morgan fingerprint density at radius 3 is 2.36 bits per heavy atom. The van der Waals surface area contributed by atoms with E-state index in [0.29, 0.717) is 0 Å². The first kappa shape index (κ1) is 11.2. The van der Waals surface area contributed by atoms with Gasteiger partial charge in [-0.15, -0.1) is 0 Å². The summed E-state index contributed by atoms with van der Waals surface area (Å²) in [5, 5.41) is 8.57. The van der Waals surface area contributed by atoms with Crippen LogP contribution in [-0.4, -0.2) is 35.6 Å². The number of hydrogen-bond donors (Lipinski definition) is 1. The molecule has 0 unspecified atom stereocenters. The number of carboxylic acids is 1. The van der Waals surface area contributed by atoms with Gasteiger partial charge in [0.05, 0.1) is 0 Å². The number of carboxylic acid groups (broad SMARTS) is 1. The Morgan fingerprint density at radius 1 is 1.29 bits per heavy atom. The minimum atomic E-state index is -0.836. The first-order chi connectivity index (χ1) is 6.68. The van der Waals surface area contributed by atoms with Gasteiger partial charge in [0.1, 0.15) is 0 Å². The Morgan fingerprint density at radius 2 is 1.86 bits per heavy atom. The van der Waals surface area contributed by atoms with Crippen LogP contribution in [0.3, 0.4) is 0 Å². The average Bonchev–Trinajstić information content (AvgIpc) is 2.31. The zero-order valence-electron chi connectivity index (χ0n) is 8.83. The summed E-state index contributed by atoms with van der Waals surface area (Å²) in [6.45, 7) is 4.93. The third-order valence-corrected chi connectivity index (χ3v) is 2.54. The molecule has 0 aliphatic carbocycles. The van der Waals surface area contributed by atoms with Gasteiger partial charge < -0.3 is 5.11 Å². The van der Waals surface area contributed by atoms with Crippen molar-refractivity contribution in [3.63, 3.8) is 0 Å². The lowest BCUT2D eigenvalue weighted by molar-refractivity contribution is -0.131. The fourth-order valence-electron chi connectivity index (χ4n) is 1.90. The van der Waals surface area contributed by atoms with Gasteiger partial charge in [0.15, 0.2) is 0 Å². The van der Waals surface area contributed by atoms with E-state index >= 15 is 0 Å². The predicted octanol–water partition coefficient (Wildman–Crippen LogP) is 1.89. The molecular formula is C11H19NO2. The van der Waals surface area contributed by atoms with Crippen LogP contribution < -0.4 is 0 Å². The van der Waals surface area contributed by atoms with Crippen molar-refractivity contribution < 1.29 is 9.90 Å². The zero-order valence-corrected chi connectivity index (χ0v) is 8.83. The Labute approximate surface area is 85.4 Å². The molecule has 1 aliphatic rings. The van der Waals surface area contributed by atoms with Crippen LogP contribution in [-0.2, 0) is 4.79 Å². The molecule has 0 atom stereocenters. The molecule has 0 aromatic rings. The minimum absolute atomic E-state index is 0.812. The Hall–Kier alpha value is -0.830. The molecule has 1 rings (SSSR count). The van der Waals surface area contributed by atoms with Crippen molar-refractivity contribution in [2.75, 3.05) is 19.6 Å². The fourth-order valence-corrected chi connectivity index (χ4v) is 1.90. The second-order valence-electron chi connectivity index (χ2n) is 4.02. The maximum absolute atomic E-state index is 10.4. The lowest BCUT2D eigenvalue weighted by atomic mass is 10.2. The van der Waals surface area contributed by atoms with Gasteiger partial charge in [-0.3, -0.25) is 4.90 Å². The largest absolute Gasteiger partial charge is 0.478 e. The molecule has 0 radical (unpaired) electrons.